The molecule has 0 bridgehead atoms. The maximum Gasteiger partial charge on any atom is 0.266 e. The standard InChI is InChI=1S/C12H15N3O2/c1-14(2)15-11(16)8-10(12(15)17)13-9-6-4-3-5-7-9/h3-7,10,13H,8H2,1-2H3/t10-/m1/s1. The van der Waals surface area contributed by atoms with E-state index in [9.17, 15) is 9.59 Å². The highest BCUT2D eigenvalue weighted by Gasteiger charge is 2.39. The van der Waals surface area contributed by atoms with E-state index in [-0.39, 0.29) is 18.2 Å². The van der Waals surface area contributed by atoms with Crippen LogP contribution < -0.4 is 5.32 Å². The fourth-order valence-electron chi connectivity index (χ4n) is 1.89. The topological polar surface area (TPSA) is 52.6 Å². The second kappa shape index (κ2) is 4.55. The molecule has 0 unspecified atom stereocenters. The van der Waals surface area contributed by atoms with Gasteiger partial charge in [-0.2, -0.15) is 0 Å². The van der Waals surface area contributed by atoms with Crippen LogP contribution in [0.3, 0.4) is 0 Å². The quantitative estimate of drug-likeness (QED) is 0.781. The lowest BCUT2D eigenvalue weighted by molar-refractivity contribution is -0.152. The number of benzene rings is 1. The maximum atomic E-state index is 12.0. The van der Waals surface area contributed by atoms with Gasteiger partial charge in [0.25, 0.3) is 5.91 Å². The van der Waals surface area contributed by atoms with E-state index in [0.29, 0.717) is 0 Å². The van der Waals surface area contributed by atoms with E-state index >= 15 is 0 Å². The summed E-state index contributed by atoms with van der Waals surface area (Å²) in [6.45, 7) is 0. The van der Waals surface area contributed by atoms with Crippen LogP contribution in [0.1, 0.15) is 6.42 Å². The molecule has 1 heterocycles. The zero-order valence-electron chi connectivity index (χ0n) is 9.88. The molecule has 0 aromatic heterocycles. The fraction of sp³-hybridized carbons (Fsp3) is 0.333. The van der Waals surface area contributed by atoms with E-state index < -0.39 is 6.04 Å². The minimum atomic E-state index is -0.465. The van der Waals surface area contributed by atoms with E-state index in [0.717, 1.165) is 5.69 Å². The molecular formula is C12H15N3O2. The predicted octanol–water partition coefficient (Wildman–Crippen LogP) is 0.703. The number of hydrazine groups is 1. The fourth-order valence-corrected chi connectivity index (χ4v) is 1.89. The maximum absolute atomic E-state index is 12.0. The molecule has 5 nitrogen and oxygen atoms in total. The number of anilines is 1. The van der Waals surface area contributed by atoms with Crippen molar-refractivity contribution in [1.29, 1.82) is 0 Å². The summed E-state index contributed by atoms with van der Waals surface area (Å²) in [5.74, 6) is -0.378. The third-order valence-electron chi connectivity index (χ3n) is 2.64. The average Bonchev–Trinajstić information content (AvgIpc) is 2.55. The zero-order valence-corrected chi connectivity index (χ0v) is 9.88. The molecule has 1 N–H and O–H groups in total. The van der Waals surface area contributed by atoms with E-state index in [4.69, 9.17) is 0 Å². The minimum Gasteiger partial charge on any atom is -0.373 e. The zero-order chi connectivity index (χ0) is 12.4. The molecule has 2 rings (SSSR count). The first kappa shape index (κ1) is 11.6. The molecule has 5 heteroatoms. The van der Waals surface area contributed by atoms with E-state index in [1.54, 1.807) is 14.1 Å². The van der Waals surface area contributed by atoms with Gasteiger partial charge in [-0.15, -0.1) is 0 Å². The van der Waals surface area contributed by atoms with Crippen LogP contribution in [0.2, 0.25) is 0 Å². The van der Waals surface area contributed by atoms with E-state index in [2.05, 4.69) is 5.32 Å². The number of imide groups is 1. The molecule has 90 valence electrons. The highest BCUT2D eigenvalue weighted by Crippen LogP contribution is 2.18. The number of nitrogens with one attached hydrogen (secondary N) is 1. The second-order valence-electron chi connectivity index (χ2n) is 4.16. The molecule has 1 aromatic carbocycles. The van der Waals surface area contributed by atoms with Gasteiger partial charge in [0.15, 0.2) is 0 Å². The predicted molar refractivity (Wildman–Crippen MR) is 64.0 cm³/mol. The third-order valence-corrected chi connectivity index (χ3v) is 2.64. The lowest BCUT2D eigenvalue weighted by Crippen LogP contribution is -2.43. The molecule has 0 aliphatic carbocycles. The second-order valence-corrected chi connectivity index (χ2v) is 4.16. The summed E-state index contributed by atoms with van der Waals surface area (Å²) in [4.78, 5) is 23.6. The molecule has 0 saturated carbocycles. The largest absolute Gasteiger partial charge is 0.373 e. The first-order valence-corrected chi connectivity index (χ1v) is 5.45. The van der Waals surface area contributed by atoms with Gasteiger partial charge >= 0.3 is 0 Å². The first-order valence-electron chi connectivity index (χ1n) is 5.45. The number of hydrogen-bond acceptors (Lipinski definition) is 4. The highest BCUT2D eigenvalue weighted by molar-refractivity contribution is 6.06. The summed E-state index contributed by atoms with van der Waals surface area (Å²) < 4.78 is 0. The molecule has 1 aliphatic rings. The van der Waals surface area contributed by atoms with Gasteiger partial charge in [0.2, 0.25) is 5.91 Å². The van der Waals surface area contributed by atoms with Crippen molar-refractivity contribution in [2.45, 2.75) is 12.5 Å². The molecular weight excluding hydrogens is 218 g/mol. The Labute approximate surface area is 100.0 Å². The molecule has 17 heavy (non-hydrogen) atoms. The van der Waals surface area contributed by atoms with Crippen molar-refractivity contribution < 1.29 is 9.59 Å². The third kappa shape index (κ3) is 2.29. The number of carbonyl (C=O) groups excluding carboxylic acids is 2. The molecule has 1 aromatic rings. The molecule has 1 saturated heterocycles. The van der Waals surface area contributed by atoms with Gasteiger partial charge in [-0.3, -0.25) is 9.59 Å². The summed E-state index contributed by atoms with van der Waals surface area (Å²) in [5.41, 5.74) is 0.847. The van der Waals surface area contributed by atoms with Gasteiger partial charge in [-0.25, -0.2) is 10.0 Å². The molecule has 2 amide bonds. The summed E-state index contributed by atoms with van der Waals surface area (Å²) in [7, 11) is 3.36. The average molecular weight is 233 g/mol. The van der Waals surface area contributed by atoms with Gasteiger partial charge in [0.1, 0.15) is 6.04 Å². The van der Waals surface area contributed by atoms with Gasteiger partial charge in [-0.05, 0) is 12.1 Å². The van der Waals surface area contributed by atoms with Crippen molar-refractivity contribution in [3.63, 3.8) is 0 Å². The van der Waals surface area contributed by atoms with Gasteiger partial charge in [0.05, 0.1) is 6.42 Å². The van der Waals surface area contributed by atoms with E-state index in [1.807, 2.05) is 30.3 Å². The molecule has 0 spiro atoms. The SMILES string of the molecule is CN(C)N1C(=O)C[C@@H](Nc2ccccc2)C1=O. The van der Waals surface area contributed by atoms with Crippen LogP contribution in [0.15, 0.2) is 30.3 Å². The summed E-state index contributed by atoms with van der Waals surface area (Å²) in [6.07, 6.45) is 0.200. The number of hydrogen-bond donors (Lipinski definition) is 1. The molecule has 0 radical (unpaired) electrons. The lowest BCUT2D eigenvalue weighted by atomic mass is 10.2. The Hall–Kier alpha value is -1.88. The highest BCUT2D eigenvalue weighted by atomic mass is 16.2. The Morgan fingerprint density at radius 2 is 1.88 bits per heavy atom. The van der Waals surface area contributed by atoms with Crippen molar-refractivity contribution in [3.05, 3.63) is 30.3 Å². The smallest absolute Gasteiger partial charge is 0.266 e. The van der Waals surface area contributed by atoms with E-state index in [1.165, 1.54) is 10.0 Å². The van der Waals surface area contributed by atoms with Crippen LogP contribution in [0.5, 0.6) is 0 Å². The number of para-hydroxylation sites is 1. The van der Waals surface area contributed by atoms with Crippen LogP contribution in [0.25, 0.3) is 0 Å². The van der Waals surface area contributed by atoms with Crippen LogP contribution in [0.4, 0.5) is 5.69 Å². The van der Waals surface area contributed by atoms with Crippen LogP contribution in [0, 0.1) is 0 Å². The van der Waals surface area contributed by atoms with Gasteiger partial charge in [0, 0.05) is 19.8 Å². The summed E-state index contributed by atoms with van der Waals surface area (Å²) in [6, 6.07) is 8.94. The number of rotatable bonds is 3. The van der Waals surface area contributed by atoms with Crippen LogP contribution in [-0.4, -0.2) is 42.0 Å². The van der Waals surface area contributed by atoms with Crippen molar-refractivity contribution in [2.24, 2.45) is 0 Å². The monoisotopic (exact) mass is 233 g/mol. The number of nitrogens with zero attached hydrogens (tertiary/aromatic N) is 2. The number of carbonyl (C=O) groups is 2. The Kier molecular flexibility index (Phi) is 3.10. The Morgan fingerprint density at radius 1 is 1.24 bits per heavy atom. The van der Waals surface area contributed by atoms with Crippen molar-refractivity contribution in [3.8, 4) is 0 Å². The molecule has 1 fully saturated rings. The van der Waals surface area contributed by atoms with Gasteiger partial charge < -0.3 is 5.32 Å². The Morgan fingerprint density at radius 3 is 2.41 bits per heavy atom. The number of amides is 2. The van der Waals surface area contributed by atoms with Crippen molar-refractivity contribution >= 4 is 17.5 Å². The van der Waals surface area contributed by atoms with Crippen molar-refractivity contribution in [1.82, 2.24) is 10.0 Å². The lowest BCUT2D eigenvalue weighted by Gasteiger charge is -2.22. The van der Waals surface area contributed by atoms with Crippen molar-refractivity contribution in [2.75, 3.05) is 19.4 Å². The Bertz CT molecular complexity index is 431. The molecule has 1 atom stereocenters. The Balaban J connectivity index is 2.10. The minimum absolute atomic E-state index is 0.173. The normalized spacial score (nSPS) is 20.2. The van der Waals surface area contributed by atoms with Gasteiger partial charge in [-0.1, -0.05) is 18.2 Å². The first-order chi connectivity index (χ1) is 8.09. The van der Waals surface area contributed by atoms with Crippen LogP contribution in [-0.2, 0) is 9.59 Å². The van der Waals surface area contributed by atoms with Crippen LogP contribution >= 0.6 is 0 Å². The molecule has 1 aliphatic heterocycles. The summed E-state index contributed by atoms with van der Waals surface area (Å²) in [5, 5.41) is 5.75. The summed E-state index contributed by atoms with van der Waals surface area (Å²) >= 11 is 0.